The predicted octanol–water partition coefficient (Wildman–Crippen LogP) is 1.41. The van der Waals surface area contributed by atoms with Crippen LogP contribution in [0.4, 0.5) is 14.9 Å². The van der Waals surface area contributed by atoms with Crippen LogP contribution >= 0.6 is 0 Å². The first kappa shape index (κ1) is 15.2. The number of halogens is 1. The number of carboxylic acids is 1. The van der Waals surface area contributed by atoms with E-state index in [1.807, 2.05) is 0 Å². The van der Waals surface area contributed by atoms with Crippen LogP contribution in [0, 0.1) is 11.7 Å². The van der Waals surface area contributed by atoms with Gasteiger partial charge in [-0.1, -0.05) is 6.07 Å². The molecule has 2 amide bonds. The second kappa shape index (κ2) is 6.09. The number of hydrogen-bond donors (Lipinski definition) is 1. The van der Waals surface area contributed by atoms with Crippen molar-refractivity contribution in [1.29, 1.82) is 0 Å². The number of carboxylic acid groups (broad SMARTS) is 1. The molecule has 2 rings (SSSR count). The lowest BCUT2D eigenvalue weighted by Crippen LogP contribution is -2.49. The van der Waals surface area contributed by atoms with Gasteiger partial charge >= 0.3 is 12.0 Å². The number of anilines is 1. The molecule has 1 aliphatic rings. The third kappa shape index (κ3) is 3.13. The summed E-state index contributed by atoms with van der Waals surface area (Å²) in [5, 5.41) is 9.13. The van der Waals surface area contributed by atoms with Gasteiger partial charge in [0.05, 0.1) is 19.3 Å². The fraction of sp³-hybridized carbons (Fsp3) is 0.429. The molecule has 7 heteroatoms. The quantitative estimate of drug-likeness (QED) is 0.915. The highest BCUT2D eigenvalue weighted by atomic mass is 19.1. The van der Waals surface area contributed by atoms with Crippen LogP contribution in [0.25, 0.3) is 0 Å². The Balaban J connectivity index is 2.13. The average molecular weight is 296 g/mol. The minimum Gasteiger partial charge on any atom is -0.481 e. The molecule has 1 fully saturated rings. The summed E-state index contributed by atoms with van der Waals surface area (Å²) in [5.74, 6) is -2.19. The van der Waals surface area contributed by atoms with Gasteiger partial charge in [-0.15, -0.1) is 0 Å². The van der Waals surface area contributed by atoms with Crippen LogP contribution in [0.5, 0.6) is 0 Å². The molecule has 0 radical (unpaired) electrons. The largest absolute Gasteiger partial charge is 0.481 e. The highest BCUT2D eigenvalue weighted by Crippen LogP contribution is 2.22. The SMILES string of the molecule is CN(C(=O)N(C)C1COCC1C(=O)O)c1cccc(F)c1. The summed E-state index contributed by atoms with van der Waals surface area (Å²) in [4.78, 5) is 26.1. The molecule has 1 saturated heterocycles. The number of carbonyl (C=O) groups excluding carboxylic acids is 1. The van der Waals surface area contributed by atoms with E-state index >= 15 is 0 Å². The zero-order valence-corrected chi connectivity index (χ0v) is 11.8. The number of hydrogen-bond acceptors (Lipinski definition) is 3. The van der Waals surface area contributed by atoms with Crippen LogP contribution in [0.2, 0.25) is 0 Å². The lowest BCUT2D eigenvalue weighted by molar-refractivity contribution is -0.142. The summed E-state index contributed by atoms with van der Waals surface area (Å²) in [6.07, 6.45) is 0. The lowest BCUT2D eigenvalue weighted by atomic mass is 10.0. The highest BCUT2D eigenvalue weighted by molar-refractivity contribution is 5.91. The molecule has 1 aliphatic heterocycles. The van der Waals surface area contributed by atoms with Gasteiger partial charge in [-0.25, -0.2) is 9.18 Å². The van der Waals surface area contributed by atoms with E-state index in [9.17, 15) is 14.0 Å². The number of likely N-dealkylation sites (N-methyl/N-ethyl adjacent to an activating group) is 1. The Bertz CT molecular complexity index is 552. The van der Waals surface area contributed by atoms with Gasteiger partial charge in [0, 0.05) is 19.8 Å². The second-order valence-corrected chi connectivity index (χ2v) is 4.98. The summed E-state index contributed by atoms with van der Waals surface area (Å²) in [6.45, 7) is 0.261. The molecule has 21 heavy (non-hydrogen) atoms. The van der Waals surface area contributed by atoms with E-state index in [1.165, 1.54) is 42.1 Å². The lowest BCUT2D eigenvalue weighted by Gasteiger charge is -2.30. The molecule has 0 spiro atoms. The molecule has 0 aliphatic carbocycles. The maximum Gasteiger partial charge on any atom is 0.324 e. The molecule has 1 N–H and O–H groups in total. The number of rotatable bonds is 3. The first-order chi connectivity index (χ1) is 9.91. The standard InChI is InChI=1S/C14H17FN2O4/c1-16(10-5-3-4-9(15)6-10)14(20)17(2)12-8-21-7-11(12)13(18)19/h3-6,11-12H,7-8H2,1-2H3,(H,18,19). The van der Waals surface area contributed by atoms with E-state index in [2.05, 4.69) is 0 Å². The van der Waals surface area contributed by atoms with Crippen molar-refractivity contribution in [3.05, 3.63) is 30.1 Å². The Hall–Kier alpha value is -2.15. The van der Waals surface area contributed by atoms with Gasteiger partial charge in [-0.3, -0.25) is 9.69 Å². The van der Waals surface area contributed by atoms with Gasteiger partial charge < -0.3 is 14.7 Å². The first-order valence-electron chi connectivity index (χ1n) is 6.48. The number of ether oxygens (including phenoxy) is 1. The monoisotopic (exact) mass is 296 g/mol. The Kier molecular flexibility index (Phi) is 4.42. The molecule has 1 aromatic carbocycles. The van der Waals surface area contributed by atoms with Crippen molar-refractivity contribution < 1.29 is 23.8 Å². The van der Waals surface area contributed by atoms with Crippen molar-refractivity contribution in [2.75, 3.05) is 32.2 Å². The van der Waals surface area contributed by atoms with Crippen molar-refractivity contribution >= 4 is 17.7 Å². The zero-order valence-electron chi connectivity index (χ0n) is 11.8. The first-order valence-corrected chi connectivity index (χ1v) is 6.48. The van der Waals surface area contributed by atoms with E-state index < -0.39 is 29.8 Å². The summed E-state index contributed by atoms with van der Waals surface area (Å²) >= 11 is 0. The Morgan fingerprint density at radius 3 is 2.67 bits per heavy atom. The third-order valence-electron chi connectivity index (χ3n) is 3.65. The molecule has 114 valence electrons. The number of benzene rings is 1. The van der Waals surface area contributed by atoms with E-state index in [0.717, 1.165) is 0 Å². The summed E-state index contributed by atoms with van der Waals surface area (Å²) in [7, 11) is 3.03. The van der Waals surface area contributed by atoms with Crippen LogP contribution in [0.15, 0.2) is 24.3 Å². The molecule has 0 aromatic heterocycles. The normalized spacial score (nSPS) is 21.1. The smallest absolute Gasteiger partial charge is 0.324 e. The third-order valence-corrected chi connectivity index (χ3v) is 3.65. The number of urea groups is 1. The molecule has 1 aromatic rings. The predicted molar refractivity (Wildman–Crippen MR) is 73.7 cm³/mol. The number of nitrogens with zero attached hydrogens (tertiary/aromatic N) is 2. The average Bonchev–Trinajstić information content (AvgIpc) is 2.94. The van der Waals surface area contributed by atoms with Crippen molar-refractivity contribution in [3.63, 3.8) is 0 Å². The van der Waals surface area contributed by atoms with E-state index in [1.54, 1.807) is 6.07 Å². The highest BCUT2D eigenvalue weighted by Gasteiger charge is 2.39. The molecular weight excluding hydrogens is 279 g/mol. The van der Waals surface area contributed by atoms with Crippen molar-refractivity contribution in [2.24, 2.45) is 5.92 Å². The topological polar surface area (TPSA) is 70.1 Å². The minimum absolute atomic E-state index is 0.0846. The van der Waals surface area contributed by atoms with Gasteiger partial charge in [0.1, 0.15) is 11.7 Å². The van der Waals surface area contributed by atoms with E-state index in [4.69, 9.17) is 9.84 Å². The maximum absolute atomic E-state index is 13.2. The molecule has 1 heterocycles. The van der Waals surface area contributed by atoms with Gasteiger partial charge in [-0.2, -0.15) is 0 Å². The Morgan fingerprint density at radius 2 is 2.05 bits per heavy atom. The van der Waals surface area contributed by atoms with Gasteiger partial charge in [0.25, 0.3) is 0 Å². The van der Waals surface area contributed by atoms with Crippen LogP contribution in [-0.4, -0.2) is 55.4 Å². The number of aliphatic carboxylic acids is 1. The van der Waals surface area contributed by atoms with Gasteiger partial charge in [0.15, 0.2) is 0 Å². The van der Waals surface area contributed by atoms with Crippen molar-refractivity contribution in [1.82, 2.24) is 4.90 Å². The maximum atomic E-state index is 13.2. The number of amides is 2. The summed E-state index contributed by atoms with van der Waals surface area (Å²) in [5.41, 5.74) is 0.401. The van der Waals surface area contributed by atoms with Gasteiger partial charge in [0.2, 0.25) is 0 Å². The fourth-order valence-corrected chi connectivity index (χ4v) is 2.33. The number of carbonyl (C=O) groups is 2. The summed E-state index contributed by atoms with van der Waals surface area (Å²) in [6, 6.07) is 4.69. The van der Waals surface area contributed by atoms with E-state index in [0.29, 0.717) is 5.69 Å². The molecular formula is C14H17FN2O4. The fourth-order valence-electron chi connectivity index (χ4n) is 2.33. The zero-order chi connectivity index (χ0) is 15.6. The van der Waals surface area contributed by atoms with Crippen LogP contribution in [0.3, 0.4) is 0 Å². The molecule has 0 bridgehead atoms. The molecule has 0 saturated carbocycles. The van der Waals surface area contributed by atoms with Crippen molar-refractivity contribution in [3.8, 4) is 0 Å². The molecule has 6 nitrogen and oxygen atoms in total. The summed E-state index contributed by atoms with van der Waals surface area (Å²) < 4.78 is 18.4. The Labute approximate surface area is 121 Å². The van der Waals surface area contributed by atoms with E-state index in [-0.39, 0.29) is 13.2 Å². The van der Waals surface area contributed by atoms with Crippen LogP contribution in [-0.2, 0) is 9.53 Å². The van der Waals surface area contributed by atoms with Crippen LogP contribution in [0.1, 0.15) is 0 Å². The van der Waals surface area contributed by atoms with Crippen LogP contribution < -0.4 is 4.90 Å². The minimum atomic E-state index is -0.995. The van der Waals surface area contributed by atoms with Gasteiger partial charge in [-0.05, 0) is 18.2 Å². The molecule has 2 atom stereocenters. The Morgan fingerprint density at radius 1 is 1.33 bits per heavy atom. The second-order valence-electron chi connectivity index (χ2n) is 4.98. The van der Waals surface area contributed by atoms with Crippen molar-refractivity contribution in [2.45, 2.75) is 6.04 Å². The molecule has 2 unspecified atom stereocenters.